The smallest absolute Gasteiger partial charge is 0.355 e. The molecule has 1 N–H and O–H groups in total. The Morgan fingerprint density at radius 3 is 2.94 bits per heavy atom. The minimum absolute atomic E-state index is 0.0258. The number of aromatic carboxylic acids is 1. The van der Waals surface area contributed by atoms with Crippen LogP contribution in [-0.4, -0.2) is 40.1 Å². The molecule has 2 heterocycles. The van der Waals surface area contributed by atoms with Gasteiger partial charge in [-0.15, -0.1) is 0 Å². The summed E-state index contributed by atoms with van der Waals surface area (Å²) in [5, 5.41) is 8.85. The van der Waals surface area contributed by atoms with Crippen molar-refractivity contribution < 1.29 is 19.4 Å². The maximum Gasteiger partial charge on any atom is 0.355 e. The SMILES string of the molecule is O=Cc1nc(Cl)c(C(=O)O)n1C1CCOC1. The van der Waals surface area contributed by atoms with Gasteiger partial charge in [0, 0.05) is 6.61 Å². The lowest BCUT2D eigenvalue weighted by molar-refractivity contribution is 0.0682. The van der Waals surface area contributed by atoms with E-state index in [1.807, 2.05) is 0 Å². The number of hydrogen-bond donors (Lipinski definition) is 1. The van der Waals surface area contributed by atoms with Crippen LogP contribution in [0.25, 0.3) is 0 Å². The van der Waals surface area contributed by atoms with Crippen molar-refractivity contribution in [1.82, 2.24) is 9.55 Å². The molecule has 0 aromatic carbocycles. The van der Waals surface area contributed by atoms with E-state index in [4.69, 9.17) is 21.4 Å². The van der Waals surface area contributed by atoms with Gasteiger partial charge in [0.15, 0.2) is 23.0 Å². The van der Waals surface area contributed by atoms with Crippen LogP contribution in [0.1, 0.15) is 33.6 Å². The van der Waals surface area contributed by atoms with E-state index in [-0.39, 0.29) is 22.7 Å². The summed E-state index contributed by atoms with van der Waals surface area (Å²) in [5.74, 6) is -1.17. The van der Waals surface area contributed by atoms with Crippen molar-refractivity contribution in [2.75, 3.05) is 13.2 Å². The summed E-state index contributed by atoms with van der Waals surface area (Å²) in [6, 6.07) is -0.189. The Balaban J connectivity index is 2.54. The molecule has 7 heteroatoms. The topological polar surface area (TPSA) is 81.4 Å². The number of nitrogens with zero attached hydrogens (tertiary/aromatic N) is 2. The van der Waals surface area contributed by atoms with E-state index >= 15 is 0 Å². The zero-order chi connectivity index (χ0) is 11.7. The van der Waals surface area contributed by atoms with Crippen molar-refractivity contribution in [2.45, 2.75) is 12.5 Å². The number of carboxylic acids is 1. The van der Waals surface area contributed by atoms with Gasteiger partial charge in [0.2, 0.25) is 0 Å². The first-order valence-corrected chi connectivity index (χ1v) is 5.07. The fraction of sp³-hybridized carbons (Fsp3) is 0.444. The summed E-state index contributed by atoms with van der Waals surface area (Å²) in [6.07, 6.45) is 1.14. The van der Waals surface area contributed by atoms with Gasteiger partial charge < -0.3 is 14.4 Å². The predicted octanol–water partition coefficient (Wildman–Crippen LogP) is 1.01. The van der Waals surface area contributed by atoms with Gasteiger partial charge in [0.1, 0.15) is 0 Å². The van der Waals surface area contributed by atoms with Gasteiger partial charge in [-0.3, -0.25) is 4.79 Å². The molecule has 0 aliphatic carbocycles. The molecule has 1 aliphatic rings. The van der Waals surface area contributed by atoms with Crippen LogP contribution in [0.2, 0.25) is 5.15 Å². The molecule has 0 amide bonds. The number of carbonyl (C=O) groups excluding carboxylic acids is 1. The van der Waals surface area contributed by atoms with Crippen molar-refractivity contribution in [1.29, 1.82) is 0 Å². The highest BCUT2D eigenvalue weighted by molar-refractivity contribution is 6.32. The fourth-order valence-corrected chi connectivity index (χ4v) is 2.05. The Bertz CT molecular complexity index is 437. The van der Waals surface area contributed by atoms with Crippen molar-refractivity contribution in [3.8, 4) is 0 Å². The van der Waals surface area contributed by atoms with Crippen molar-refractivity contribution in [2.24, 2.45) is 0 Å². The van der Waals surface area contributed by atoms with Crippen LogP contribution in [0.15, 0.2) is 0 Å². The molecule has 6 nitrogen and oxygen atoms in total. The Kier molecular flexibility index (Phi) is 2.93. The third-order valence-electron chi connectivity index (χ3n) is 2.47. The van der Waals surface area contributed by atoms with E-state index in [2.05, 4.69) is 4.98 Å². The number of halogens is 1. The molecule has 0 saturated carbocycles. The summed E-state index contributed by atoms with van der Waals surface area (Å²) in [4.78, 5) is 25.5. The molecular weight excluding hydrogens is 236 g/mol. The zero-order valence-electron chi connectivity index (χ0n) is 8.22. The molecule has 0 radical (unpaired) electrons. The number of carbonyl (C=O) groups is 2. The van der Waals surface area contributed by atoms with E-state index in [0.717, 1.165) is 0 Å². The fourth-order valence-electron chi connectivity index (χ4n) is 1.79. The Labute approximate surface area is 95.8 Å². The number of aromatic nitrogens is 2. The molecule has 86 valence electrons. The van der Waals surface area contributed by atoms with E-state index < -0.39 is 5.97 Å². The van der Waals surface area contributed by atoms with E-state index in [1.165, 1.54) is 4.57 Å². The lowest BCUT2D eigenvalue weighted by atomic mass is 10.2. The largest absolute Gasteiger partial charge is 0.476 e. The molecule has 1 aliphatic heterocycles. The second kappa shape index (κ2) is 4.23. The molecule has 1 saturated heterocycles. The molecule has 1 aromatic heterocycles. The van der Waals surface area contributed by atoms with Crippen molar-refractivity contribution in [3.05, 3.63) is 16.7 Å². The number of hydrogen-bond acceptors (Lipinski definition) is 4. The molecule has 1 fully saturated rings. The quantitative estimate of drug-likeness (QED) is 0.803. The first-order valence-electron chi connectivity index (χ1n) is 4.69. The number of carboxylic acid groups (broad SMARTS) is 1. The van der Waals surface area contributed by atoms with Gasteiger partial charge in [0.05, 0.1) is 12.6 Å². The highest BCUT2D eigenvalue weighted by Crippen LogP contribution is 2.26. The van der Waals surface area contributed by atoms with Crippen LogP contribution in [0.5, 0.6) is 0 Å². The molecule has 0 spiro atoms. The highest BCUT2D eigenvalue weighted by atomic mass is 35.5. The normalized spacial score (nSPS) is 19.9. The molecular formula is C9H9ClN2O4. The second-order valence-electron chi connectivity index (χ2n) is 3.42. The summed E-state index contributed by atoms with van der Waals surface area (Å²) in [7, 11) is 0. The standard InChI is InChI=1S/C9H9ClN2O4/c10-8-7(9(14)15)12(6(3-13)11-8)5-1-2-16-4-5/h3,5H,1-2,4H2,(H,14,15). The van der Waals surface area contributed by atoms with Gasteiger partial charge in [-0.25, -0.2) is 9.78 Å². The predicted molar refractivity (Wildman–Crippen MR) is 54.1 cm³/mol. The maximum atomic E-state index is 11.0. The minimum atomic E-state index is -1.20. The third kappa shape index (κ3) is 1.70. The lowest BCUT2D eigenvalue weighted by Gasteiger charge is -2.13. The average Bonchev–Trinajstić information content (AvgIpc) is 2.82. The zero-order valence-corrected chi connectivity index (χ0v) is 8.98. The van der Waals surface area contributed by atoms with Gasteiger partial charge in [-0.05, 0) is 6.42 Å². The molecule has 1 unspecified atom stereocenters. The first kappa shape index (κ1) is 11.1. The molecule has 1 atom stereocenters. The third-order valence-corrected chi connectivity index (χ3v) is 2.74. The van der Waals surface area contributed by atoms with Crippen molar-refractivity contribution in [3.63, 3.8) is 0 Å². The Morgan fingerprint density at radius 1 is 1.69 bits per heavy atom. The number of ether oxygens (including phenoxy) is 1. The van der Waals surface area contributed by atoms with Crippen LogP contribution < -0.4 is 0 Å². The van der Waals surface area contributed by atoms with E-state index in [1.54, 1.807) is 0 Å². The number of imidazole rings is 1. The van der Waals surface area contributed by atoms with Crippen LogP contribution in [-0.2, 0) is 4.74 Å². The second-order valence-corrected chi connectivity index (χ2v) is 3.78. The van der Waals surface area contributed by atoms with Crippen LogP contribution in [0.3, 0.4) is 0 Å². The van der Waals surface area contributed by atoms with Crippen molar-refractivity contribution >= 4 is 23.9 Å². The summed E-state index contributed by atoms with van der Waals surface area (Å²) < 4.78 is 6.49. The number of rotatable bonds is 3. The molecule has 16 heavy (non-hydrogen) atoms. The van der Waals surface area contributed by atoms with Crippen LogP contribution >= 0.6 is 11.6 Å². The van der Waals surface area contributed by atoms with E-state index in [9.17, 15) is 9.59 Å². The maximum absolute atomic E-state index is 11.0. The Hall–Kier alpha value is -1.40. The average molecular weight is 245 g/mol. The van der Waals surface area contributed by atoms with Gasteiger partial charge in [-0.2, -0.15) is 0 Å². The van der Waals surface area contributed by atoms with Gasteiger partial charge >= 0.3 is 5.97 Å². The minimum Gasteiger partial charge on any atom is -0.476 e. The summed E-state index contributed by atoms with van der Waals surface area (Å²) >= 11 is 5.69. The van der Waals surface area contributed by atoms with Crippen LogP contribution in [0, 0.1) is 0 Å². The molecule has 0 bridgehead atoms. The monoisotopic (exact) mass is 244 g/mol. The first-order chi connectivity index (χ1) is 7.65. The van der Waals surface area contributed by atoms with Crippen LogP contribution in [0.4, 0.5) is 0 Å². The summed E-state index contributed by atoms with van der Waals surface area (Å²) in [6.45, 7) is 0.908. The Morgan fingerprint density at radius 2 is 2.44 bits per heavy atom. The highest BCUT2D eigenvalue weighted by Gasteiger charge is 2.28. The van der Waals surface area contributed by atoms with Gasteiger partial charge in [-0.1, -0.05) is 11.6 Å². The van der Waals surface area contributed by atoms with Gasteiger partial charge in [0.25, 0.3) is 0 Å². The van der Waals surface area contributed by atoms with E-state index in [0.29, 0.717) is 25.9 Å². The summed E-state index contributed by atoms with van der Waals surface area (Å²) in [5.41, 5.74) is -0.153. The number of aldehydes is 1. The molecule has 2 rings (SSSR count). The lowest BCUT2D eigenvalue weighted by Crippen LogP contribution is -2.17. The molecule has 1 aromatic rings.